The predicted molar refractivity (Wildman–Crippen MR) is 84.9 cm³/mol. The van der Waals surface area contributed by atoms with Crippen molar-refractivity contribution in [3.8, 4) is 0 Å². The zero-order chi connectivity index (χ0) is 14.7. The van der Waals surface area contributed by atoms with Crippen LogP contribution in [0.3, 0.4) is 0 Å². The lowest BCUT2D eigenvalue weighted by molar-refractivity contribution is 0.0899. The van der Waals surface area contributed by atoms with Crippen LogP contribution in [0.25, 0.3) is 0 Å². The molecule has 3 heteroatoms. The van der Waals surface area contributed by atoms with Crippen molar-refractivity contribution in [2.45, 2.75) is 31.2 Å². The second-order valence-corrected chi connectivity index (χ2v) is 5.70. The fraction of sp³-hybridized carbons (Fsp3) is 0.278. The van der Waals surface area contributed by atoms with Crippen molar-refractivity contribution >= 4 is 11.6 Å². The topological polar surface area (TPSA) is 55.1 Å². The Hall–Kier alpha value is -2.29. The van der Waals surface area contributed by atoms with Crippen molar-refractivity contribution in [2.24, 2.45) is 0 Å². The minimum absolute atomic E-state index is 0.0844. The normalized spacial score (nSPS) is 16.6. The largest absolute Gasteiger partial charge is 0.398 e. The van der Waals surface area contributed by atoms with Crippen LogP contribution in [0.4, 0.5) is 5.69 Å². The maximum Gasteiger partial charge on any atom is 0.254 e. The Morgan fingerprint density at radius 2 is 1.57 bits per heavy atom. The second kappa shape index (κ2) is 5.60. The summed E-state index contributed by atoms with van der Waals surface area (Å²) in [7, 11) is 0. The number of carbonyl (C=O) groups excluding carboxylic acids is 1. The number of nitrogens with one attached hydrogen (secondary N) is 1. The van der Waals surface area contributed by atoms with E-state index in [1.807, 2.05) is 30.3 Å². The number of anilines is 1. The molecule has 0 atom stereocenters. The van der Waals surface area contributed by atoms with Crippen LogP contribution in [0.15, 0.2) is 54.6 Å². The van der Waals surface area contributed by atoms with E-state index < -0.39 is 0 Å². The number of rotatable bonds is 3. The molecule has 3 nitrogen and oxygen atoms in total. The van der Waals surface area contributed by atoms with Crippen molar-refractivity contribution in [3.63, 3.8) is 0 Å². The summed E-state index contributed by atoms with van der Waals surface area (Å²) in [5.74, 6) is -0.0844. The first kappa shape index (κ1) is 13.7. The smallest absolute Gasteiger partial charge is 0.254 e. The van der Waals surface area contributed by atoms with Gasteiger partial charge in [0.2, 0.25) is 0 Å². The molecule has 2 aromatic carbocycles. The van der Waals surface area contributed by atoms with E-state index in [9.17, 15) is 4.79 Å². The molecule has 0 bridgehead atoms. The maximum absolute atomic E-state index is 12.6. The number of benzene rings is 2. The van der Waals surface area contributed by atoms with Gasteiger partial charge >= 0.3 is 0 Å². The SMILES string of the molecule is Nc1ccccc1C(=O)NC1(c2ccccc2)CCCC1. The monoisotopic (exact) mass is 280 g/mol. The third-order valence-electron chi connectivity index (χ3n) is 4.34. The highest BCUT2D eigenvalue weighted by Crippen LogP contribution is 2.39. The fourth-order valence-corrected chi connectivity index (χ4v) is 3.21. The van der Waals surface area contributed by atoms with Crippen molar-refractivity contribution in [3.05, 3.63) is 65.7 Å². The lowest BCUT2D eigenvalue weighted by Gasteiger charge is -2.31. The number of hydrogen-bond donors (Lipinski definition) is 2. The van der Waals surface area contributed by atoms with E-state index in [1.54, 1.807) is 12.1 Å². The molecule has 21 heavy (non-hydrogen) atoms. The van der Waals surface area contributed by atoms with Gasteiger partial charge < -0.3 is 11.1 Å². The Labute approximate surface area is 125 Å². The molecule has 3 rings (SSSR count). The van der Waals surface area contributed by atoms with E-state index in [2.05, 4.69) is 17.4 Å². The van der Waals surface area contributed by atoms with Gasteiger partial charge in [0.1, 0.15) is 0 Å². The van der Waals surface area contributed by atoms with Crippen LogP contribution in [-0.2, 0) is 5.54 Å². The van der Waals surface area contributed by atoms with Gasteiger partial charge in [0.15, 0.2) is 0 Å². The minimum atomic E-state index is -0.249. The second-order valence-electron chi connectivity index (χ2n) is 5.70. The van der Waals surface area contributed by atoms with Crippen LogP contribution in [0.1, 0.15) is 41.6 Å². The summed E-state index contributed by atoms with van der Waals surface area (Å²) in [5, 5.41) is 3.25. The molecule has 0 aromatic heterocycles. The highest BCUT2D eigenvalue weighted by molar-refractivity contribution is 5.99. The molecule has 1 aliphatic rings. The first-order valence-electron chi connectivity index (χ1n) is 7.44. The average Bonchev–Trinajstić information content (AvgIpc) is 2.98. The Kier molecular flexibility index (Phi) is 3.65. The predicted octanol–water partition coefficient (Wildman–Crippen LogP) is 3.47. The fourth-order valence-electron chi connectivity index (χ4n) is 3.21. The van der Waals surface area contributed by atoms with Crippen LogP contribution in [0.2, 0.25) is 0 Å². The molecule has 1 amide bonds. The Morgan fingerprint density at radius 1 is 0.952 bits per heavy atom. The molecule has 0 aliphatic heterocycles. The molecule has 1 aliphatic carbocycles. The molecular formula is C18H20N2O. The average molecular weight is 280 g/mol. The number of carbonyl (C=O) groups is 1. The highest BCUT2D eigenvalue weighted by Gasteiger charge is 2.37. The van der Waals surface area contributed by atoms with Crippen molar-refractivity contribution in [2.75, 3.05) is 5.73 Å². The van der Waals surface area contributed by atoms with Gasteiger partial charge in [-0.2, -0.15) is 0 Å². The lowest BCUT2D eigenvalue weighted by atomic mass is 9.87. The highest BCUT2D eigenvalue weighted by atomic mass is 16.1. The molecule has 108 valence electrons. The minimum Gasteiger partial charge on any atom is -0.398 e. The molecule has 3 N–H and O–H groups in total. The van der Waals surface area contributed by atoms with Gasteiger partial charge in [-0.3, -0.25) is 4.79 Å². The number of para-hydroxylation sites is 1. The first-order chi connectivity index (χ1) is 10.2. The molecule has 0 radical (unpaired) electrons. The Bertz CT molecular complexity index is 631. The van der Waals surface area contributed by atoms with Crippen LogP contribution >= 0.6 is 0 Å². The van der Waals surface area contributed by atoms with Crippen molar-refractivity contribution in [1.82, 2.24) is 5.32 Å². The van der Waals surface area contributed by atoms with Crippen LogP contribution in [-0.4, -0.2) is 5.91 Å². The van der Waals surface area contributed by atoms with Crippen LogP contribution in [0, 0.1) is 0 Å². The van der Waals surface area contributed by atoms with Gasteiger partial charge in [0.05, 0.1) is 11.1 Å². The van der Waals surface area contributed by atoms with Gasteiger partial charge in [0.25, 0.3) is 5.91 Å². The van der Waals surface area contributed by atoms with E-state index >= 15 is 0 Å². The summed E-state index contributed by atoms with van der Waals surface area (Å²) in [6.07, 6.45) is 4.24. The number of hydrogen-bond acceptors (Lipinski definition) is 2. The van der Waals surface area contributed by atoms with Gasteiger partial charge in [-0.15, -0.1) is 0 Å². The molecule has 1 fully saturated rings. The summed E-state index contributed by atoms with van der Waals surface area (Å²) in [6, 6.07) is 17.5. The van der Waals surface area contributed by atoms with Gasteiger partial charge in [-0.05, 0) is 30.5 Å². The third-order valence-corrected chi connectivity index (χ3v) is 4.34. The van der Waals surface area contributed by atoms with E-state index in [-0.39, 0.29) is 11.4 Å². The Balaban J connectivity index is 1.90. The zero-order valence-electron chi connectivity index (χ0n) is 12.0. The van der Waals surface area contributed by atoms with Crippen molar-refractivity contribution in [1.29, 1.82) is 0 Å². The molecule has 0 spiro atoms. The summed E-state index contributed by atoms with van der Waals surface area (Å²) < 4.78 is 0. The first-order valence-corrected chi connectivity index (χ1v) is 7.44. The van der Waals surface area contributed by atoms with E-state index in [0.29, 0.717) is 11.3 Å². The summed E-state index contributed by atoms with van der Waals surface area (Å²) in [4.78, 5) is 12.6. The number of nitrogen functional groups attached to an aromatic ring is 1. The number of nitrogens with two attached hydrogens (primary N) is 1. The summed E-state index contributed by atoms with van der Waals surface area (Å²) in [6.45, 7) is 0. The quantitative estimate of drug-likeness (QED) is 0.846. The van der Waals surface area contributed by atoms with Gasteiger partial charge in [0, 0.05) is 5.69 Å². The van der Waals surface area contributed by atoms with Crippen LogP contribution < -0.4 is 11.1 Å². The molecule has 0 saturated heterocycles. The standard InChI is InChI=1S/C18H20N2O/c19-16-11-5-4-10-15(16)17(21)20-18(12-6-7-13-18)14-8-2-1-3-9-14/h1-5,8-11H,6-7,12-13,19H2,(H,20,21). The molecule has 2 aromatic rings. The van der Waals surface area contributed by atoms with E-state index in [4.69, 9.17) is 5.73 Å². The third kappa shape index (κ3) is 2.64. The summed E-state index contributed by atoms with van der Waals surface area (Å²) in [5.41, 5.74) is 7.93. The lowest BCUT2D eigenvalue weighted by Crippen LogP contribution is -2.44. The molecular weight excluding hydrogens is 260 g/mol. The van der Waals surface area contributed by atoms with Gasteiger partial charge in [-0.25, -0.2) is 0 Å². The van der Waals surface area contributed by atoms with Gasteiger partial charge in [-0.1, -0.05) is 55.3 Å². The van der Waals surface area contributed by atoms with Crippen molar-refractivity contribution < 1.29 is 4.79 Å². The van der Waals surface area contributed by atoms with Crippen LogP contribution in [0.5, 0.6) is 0 Å². The zero-order valence-corrected chi connectivity index (χ0v) is 12.0. The molecule has 1 saturated carbocycles. The van der Waals surface area contributed by atoms with E-state index in [0.717, 1.165) is 25.7 Å². The molecule has 0 unspecified atom stereocenters. The summed E-state index contributed by atoms with van der Waals surface area (Å²) >= 11 is 0. The molecule has 0 heterocycles. The van der Waals surface area contributed by atoms with E-state index in [1.165, 1.54) is 5.56 Å². The number of amides is 1. The Morgan fingerprint density at radius 3 is 2.24 bits per heavy atom. The maximum atomic E-state index is 12.6.